The van der Waals surface area contributed by atoms with E-state index in [1.54, 1.807) is 9.58 Å². The van der Waals surface area contributed by atoms with Crippen molar-refractivity contribution >= 4 is 40.4 Å². The standard InChI is InChI=1S/C22H30N6O4.C2H6/c1-22(2,3)32-21(31)27-10-7-14(8-11-27)23-15-5-6-16-17(13-15)26(4)25-19(16)28-12-9-18(29)24-20(28)30;1-2/h5-6,13-14,23H,7-12H2,1-4H3,(H,24,29,30);1-2H3. The van der Waals surface area contributed by atoms with E-state index in [9.17, 15) is 14.4 Å². The third kappa shape index (κ3) is 5.78. The lowest BCUT2D eigenvalue weighted by Gasteiger charge is -2.34. The monoisotopic (exact) mass is 472 g/mol. The van der Waals surface area contributed by atoms with Gasteiger partial charge in [-0.1, -0.05) is 13.8 Å². The molecule has 0 bridgehead atoms. The number of urea groups is 1. The Balaban J connectivity index is 0.00000158. The molecule has 0 atom stereocenters. The number of fused-ring (bicyclic) bond motifs is 1. The molecule has 186 valence electrons. The molecule has 2 aliphatic rings. The first-order valence-electron chi connectivity index (χ1n) is 11.9. The highest BCUT2D eigenvalue weighted by Crippen LogP contribution is 2.30. The number of aromatic nitrogens is 2. The van der Waals surface area contributed by atoms with Gasteiger partial charge in [0.2, 0.25) is 5.91 Å². The predicted octanol–water partition coefficient (Wildman–Crippen LogP) is 3.86. The summed E-state index contributed by atoms with van der Waals surface area (Å²) in [6.45, 7) is 11.2. The molecule has 10 nitrogen and oxygen atoms in total. The van der Waals surface area contributed by atoms with Crippen LogP contribution in [0.2, 0.25) is 0 Å². The Bertz CT molecular complexity index is 1050. The maximum Gasteiger partial charge on any atom is 0.410 e. The summed E-state index contributed by atoms with van der Waals surface area (Å²) in [6, 6.07) is 5.73. The van der Waals surface area contributed by atoms with Crippen molar-refractivity contribution in [1.29, 1.82) is 0 Å². The molecule has 0 spiro atoms. The van der Waals surface area contributed by atoms with Gasteiger partial charge in [0.25, 0.3) is 0 Å². The minimum Gasteiger partial charge on any atom is -0.444 e. The number of benzene rings is 1. The lowest BCUT2D eigenvalue weighted by atomic mass is 10.0. The van der Waals surface area contributed by atoms with Gasteiger partial charge in [0.15, 0.2) is 5.82 Å². The number of nitrogens with zero attached hydrogens (tertiary/aromatic N) is 4. The number of likely N-dealkylation sites (tertiary alicyclic amines) is 1. The summed E-state index contributed by atoms with van der Waals surface area (Å²) in [5, 5.41) is 11.3. The van der Waals surface area contributed by atoms with Gasteiger partial charge in [0.1, 0.15) is 5.60 Å². The highest BCUT2D eigenvalue weighted by Gasteiger charge is 2.29. The summed E-state index contributed by atoms with van der Waals surface area (Å²) in [5.74, 6) is 0.278. The molecule has 4 amide bonds. The molecule has 0 unspecified atom stereocenters. The molecule has 0 radical (unpaired) electrons. The van der Waals surface area contributed by atoms with Crippen molar-refractivity contribution in [2.24, 2.45) is 7.05 Å². The molecule has 1 aromatic carbocycles. The molecular weight excluding hydrogens is 436 g/mol. The number of nitrogens with one attached hydrogen (secondary N) is 2. The second kappa shape index (κ2) is 10.3. The van der Waals surface area contributed by atoms with Gasteiger partial charge in [-0.3, -0.25) is 19.7 Å². The van der Waals surface area contributed by atoms with Gasteiger partial charge in [-0.25, -0.2) is 9.59 Å². The Morgan fingerprint density at radius 2 is 1.82 bits per heavy atom. The van der Waals surface area contributed by atoms with E-state index in [1.807, 2.05) is 59.9 Å². The number of piperidine rings is 1. The molecule has 10 heteroatoms. The molecule has 2 aliphatic heterocycles. The van der Waals surface area contributed by atoms with Crippen LogP contribution < -0.4 is 15.5 Å². The zero-order chi connectivity index (χ0) is 25.0. The number of ether oxygens (including phenoxy) is 1. The molecule has 2 saturated heterocycles. The number of hydrogen-bond donors (Lipinski definition) is 2. The lowest BCUT2D eigenvalue weighted by molar-refractivity contribution is -0.120. The van der Waals surface area contributed by atoms with E-state index >= 15 is 0 Å². The molecule has 34 heavy (non-hydrogen) atoms. The normalized spacial score (nSPS) is 17.2. The first-order chi connectivity index (χ1) is 16.1. The highest BCUT2D eigenvalue weighted by atomic mass is 16.6. The second-order valence-corrected chi connectivity index (χ2v) is 9.32. The average molecular weight is 473 g/mol. The van der Waals surface area contributed by atoms with E-state index in [2.05, 4.69) is 15.7 Å². The maximum atomic E-state index is 12.3. The summed E-state index contributed by atoms with van der Waals surface area (Å²) in [6.07, 6.45) is 1.65. The molecule has 2 N–H and O–H groups in total. The third-order valence-corrected chi connectivity index (χ3v) is 5.66. The van der Waals surface area contributed by atoms with Crippen LogP contribution in [0.25, 0.3) is 10.9 Å². The molecule has 0 saturated carbocycles. The third-order valence-electron chi connectivity index (χ3n) is 5.66. The van der Waals surface area contributed by atoms with Crippen LogP contribution in [-0.2, 0) is 16.6 Å². The fraction of sp³-hybridized carbons (Fsp3) is 0.583. The zero-order valence-corrected chi connectivity index (χ0v) is 21.0. The van der Waals surface area contributed by atoms with Crippen LogP contribution in [0.5, 0.6) is 0 Å². The SMILES string of the molecule is CC.Cn1nc(N2CCC(=O)NC2=O)c2ccc(NC3CCN(C(=O)OC(C)(C)C)CC3)cc21. The topological polar surface area (TPSA) is 109 Å². The number of carbonyl (C=O) groups excluding carboxylic acids is 3. The van der Waals surface area contributed by atoms with Crippen molar-refractivity contribution in [1.82, 2.24) is 20.0 Å². The zero-order valence-electron chi connectivity index (χ0n) is 21.0. The van der Waals surface area contributed by atoms with E-state index in [0.29, 0.717) is 25.5 Å². The number of aryl methyl sites for hydroxylation is 1. The van der Waals surface area contributed by atoms with Crippen LogP contribution in [0.3, 0.4) is 0 Å². The summed E-state index contributed by atoms with van der Waals surface area (Å²) in [7, 11) is 1.84. The van der Waals surface area contributed by atoms with Gasteiger partial charge in [-0.2, -0.15) is 5.10 Å². The van der Waals surface area contributed by atoms with E-state index in [0.717, 1.165) is 29.4 Å². The van der Waals surface area contributed by atoms with E-state index in [-0.39, 0.29) is 24.5 Å². The second-order valence-electron chi connectivity index (χ2n) is 9.32. The van der Waals surface area contributed by atoms with Crippen molar-refractivity contribution in [3.63, 3.8) is 0 Å². The van der Waals surface area contributed by atoms with Crippen LogP contribution in [0.15, 0.2) is 18.2 Å². The smallest absolute Gasteiger partial charge is 0.410 e. The fourth-order valence-corrected chi connectivity index (χ4v) is 4.06. The first-order valence-corrected chi connectivity index (χ1v) is 11.9. The Kier molecular flexibility index (Phi) is 7.68. The van der Waals surface area contributed by atoms with Crippen LogP contribution in [0.1, 0.15) is 53.9 Å². The maximum absolute atomic E-state index is 12.3. The molecule has 0 aliphatic carbocycles. The molecule has 2 fully saturated rings. The summed E-state index contributed by atoms with van der Waals surface area (Å²) in [5.41, 5.74) is 1.36. The number of imide groups is 1. The van der Waals surface area contributed by atoms with Crippen molar-refractivity contribution in [2.75, 3.05) is 29.9 Å². The fourth-order valence-electron chi connectivity index (χ4n) is 4.06. The van der Waals surface area contributed by atoms with Crippen molar-refractivity contribution < 1.29 is 19.1 Å². The number of anilines is 2. The first kappa shape index (κ1) is 25.3. The van der Waals surface area contributed by atoms with Crippen LogP contribution in [0, 0.1) is 0 Å². The molecule has 2 aromatic rings. The number of rotatable bonds is 3. The van der Waals surface area contributed by atoms with Crippen molar-refractivity contribution in [3.8, 4) is 0 Å². The van der Waals surface area contributed by atoms with E-state index < -0.39 is 11.6 Å². The van der Waals surface area contributed by atoms with E-state index in [1.165, 1.54) is 4.90 Å². The van der Waals surface area contributed by atoms with Gasteiger partial charge in [0.05, 0.1) is 5.52 Å². The molecule has 1 aromatic heterocycles. The quantitative estimate of drug-likeness (QED) is 0.702. The van der Waals surface area contributed by atoms with Gasteiger partial charge >= 0.3 is 12.1 Å². The Morgan fingerprint density at radius 1 is 1.15 bits per heavy atom. The van der Waals surface area contributed by atoms with E-state index in [4.69, 9.17) is 4.74 Å². The molecule has 3 heterocycles. The van der Waals surface area contributed by atoms with Crippen LogP contribution >= 0.6 is 0 Å². The Labute approximate surface area is 200 Å². The predicted molar refractivity (Wildman–Crippen MR) is 132 cm³/mol. The molecular formula is C24H36N6O4. The Hall–Kier alpha value is -3.30. The largest absolute Gasteiger partial charge is 0.444 e. The van der Waals surface area contributed by atoms with Crippen molar-refractivity contribution in [2.45, 2.75) is 65.5 Å². The number of hydrogen-bond acceptors (Lipinski definition) is 6. The summed E-state index contributed by atoms with van der Waals surface area (Å²) in [4.78, 5) is 39.2. The molecule has 4 rings (SSSR count). The summed E-state index contributed by atoms with van der Waals surface area (Å²) >= 11 is 0. The van der Waals surface area contributed by atoms with Gasteiger partial charge in [0, 0.05) is 50.2 Å². The minimum atomic E-state index is -0.492. The lowest BCUT2D eigenvalue weighted by Crippen LogP contribution is -2.49. The van der Waals surface area contributed by atoms with Crippen molar-refractivity contribution in [3.05, 3.63) is 18.2 Å². The number of amides is 4. The minimum absolute atomic E-state index is 0.248. The van der Waals surface area contributed by atoms with Crippen LogP contribution in [-0.4, -0.2) is 64.0 Å². The van der Waals surface area contributed by atoms with Gasteiger partial charge < -0.3 is 15.0 Å². The number of carbonyl (C=O) groups is 3. The van der Waals surface area contributed by atoms with Gasteiger partial charge in [-0.15, -0.1) is 0 Å². The summed E-state index contributed by atoms with van der Waals surface area (Å²) < 4.78 is 7.20. The average Bonchev–Trinajstić information content (AvgIpc) is 3.10. The van der Waals surface area contributed by atoms with Gasteiger partial charge in [-0.05, 0) is 51.8 Å². The Morgan fingerprint density at radius 3 is 2.44 bits per heavy atom. The highest BCUT2D eigenvalue weighted by molar-refractivity contribution is 6.09. The van der Waals surface area contributed by atoms with Crippen LogP contribution in [0.4, 0.5) is 21.1 Å².